The van der Waals surface area contributed by atoms with Gasteiger partial charge in [0, 0.05) is 80.9 Å². The molecule has 3 aromatic heterocycles. The molecule has 0 bridgehead atoms. The van der Waals surface area contributed by atoms with Crippen LogP contribution >= 0.6 is 0 Å². The van der Waals surface area contributed by atoms with Gasteiger partial charge in [-0.25, -0.2) is 9.97 Å². The Hall–Kier alpha value is -4.15. The lowest BCUT2D eigenvalue weighted by Gasteiger charge is -2.46. The van der Waals surface area contributed by atoms with Crippen molar-refractivity contribution in [3.05, 3.63) is 82.7 Å². The third-order valence-electron chi connectivity index (χ3n) is 10.4. The van der Waals surface area contributed by atoms with Crippen molar-refractivity contribution < 1.29 is 9.53 Å². The van der Waals surface area contributed by atoms with Gasteiger partial charge in [0.05, 0.1) is 49.8 Å². The maximum Gasteiger partial charge on any atom is 0.154 e. The number of rotatable bonds is 7. The lowest BCUT2D eigenvalue weighted by Crippen LogP contribution is -2.59. The average Bonchev–Trinajstić information content (AvgIpc) is 3.42. The van der Waals surface area contributed by atoms with E-state index in [1.165, 1.54) is 42.6 Å². The molecule has 1 atom stereocenters. The number of aldehydes is 1. The van der Waals surface area contributed by atoms with Crippen LogP contribution in [-0.4, -0.2) is 95.7 Å². The number of fused-ring (bicyclic) bond motifs is 3. The number of hydrogen-bond donors (Lipinski definition) is 1. The molecule has 3 aromatic rings. The molecule has 0 amide bonds. The lowest BCUT2D eigenvalue weighted by molar-refractivity contribution is -0.0691. The number of ether oxygens (including phenoxy) is 1. The second kappa shape index (κ2) is 12.2. The maximum absolute atomic E-state index is 12.7. The monoisotopic (exact) mass is 620 g/mol. The van der Waals surface area contributed by atoms with E-state index in [1.807, 2.05) is 18.5 Å². The molecule has 5 aliphatic rings. The quantitative estimate of drug-likeness (QED) is 0.392. The third-order valence-corrected chi connectivity index (χ3v) is 10.4. The summed E-state index contributed by atoms with van der Waals surface area (Å²) in [5, 5.41) is 3.55. The largest absolute Gasteiger partial charge is 0.378 e. The van der Waals surface area contributed by atoms with E-state index < -0.39 is 0 Å². The van der Waals surface area contributed by atoms with Crippen molar-refractivity contribution in [1.29, 1.82) is 0 Å². The molecule has 240 valence electrons. The van der Waals surface area contributed by atoms with Crippen LogP contribution in [0.3, 0.4) is 0 Å². The molecular weight excluding hydrogens is 576 g/mol. The van der Waals surface area contributed by atoms with Crippen molar-refractivity contribution >= 4 is 29.2 Å². The van der Waals surface area contributed by atoms with E-state index in [0.29, 0.717) is 17.6 Å². The number of aromatic nitrogens is 3. The number of nitrogens with one attached hydrogen (secondary N) is 1. The molecule has 0 radical (unpaired) electrons. The first-order valence-corrected chi connectivity index (χ1v) is 16.9. The number of carbonyl (C=O) groups excluding carboxylic acids is 1. The Balaban J connectivity index is 0.984. The van der Waals surface area contributed by atoms with Crippen LogP contribution in [0.5, 0.6) is 0 Å². The van der Waals surface area contributed by atoms with Crippen molar-refractivity contribution in [2.24, 2.45) is 0 Å². The number of allylic oxidation sites excluding steroid dienone is 2. The van der Waals surface area contributed by atoms with Crippen LogP contribution in [0.15, 0.2) is 54.6 Å². The fourth-order valence-electron chi connectivity index (χ4n) is 7.97. The van der Waals surface area contributed by atoms with Crippen LogP contribution in [0.4, 0.5) is 17.3 Å². The Morgan fingerprint density at radius 1 is 1.02 bits per heavy atom. The van der Waals surface area contributed by atoms with Crippen LogP contribution in [-0.2, 0) is 30.7 Å². The van der Waals surface area contributed by atoms with Gasteiger partial charge in [0.1, 0.15) is 11.6 Å². The van der Waals surface area contributed by atoms with Gasteiger partial charge in [-0.2, -0.15) is 0 Å². The van der Waals surface area contributed by atoms with Gasteiger partial charge < -0.3 is 29.3 Å². The molecule has 0 saturated carbocycles. The summed E-state index contributed by atoms with van der Waals surface area (Å²) in [6.07, 6.45) is 14.0. The van der Waals surface area contributed by atoms with Gasteiger partial charge in [-0.05, 0) is 74.1 Å². The van der Waals surface area contributed by atoms with Crippen LogP contribution < -0.4 is 15.1 Å². The molecule has 4 aliphatic heterocycles. The molecule has 0 spiro atoms. The van der Waals surface area contributed by atoms with E-state index >= 15 is 0 Å². The summed E-state index contributed by atoms with van der Waals surface area (Å²) in [5.41, 5.74) is 9.08. The first-order chi connectivity index (χ1) is 22.5. The first kappa shape index (κ1) is 29.3. The number of anilines is 3. The van der Waals surface area contributed by atoms with Crippen LogP contribution in [0.2, 0.25) is 0 Å². The zero-order valence-corrected chi connectivity index (χ0v) is 27.0. The number of likely N-dealkylation sites (N-methyl/N-ethyl adjacent to an activating group) is 1. The molecule has 1 aliphatic carbocycles. The summed E-state index contributed by atoms with van der Waals surface area (Å²) in [6, 6.07) is 9.60. The molecule has 0 unspecified atom stereocenters. The highest BCUT2D eigenvalue weighted by atomic mass is 16.5. The molecule has 0 aromatic carbocycles. The number of nitrogens with zero attached hydrogens (tertiary/aromatic N) is 7. The van der Waals surface area contributed by atoms with Crippen LogP contribution in [0, 0.1) is 0 Å². The van der Waals surface area contributed by atoms with Gasteiger partial charge in [0.15, 0.2) is 6.29 Å². The second-order valence-electron chi connectivity index (χ2n) is 13.5. The molecule has 10 heteroatoms. The van der Waals surface area contributed by atoms with Crippen molar-refractivity contribution in [3.8, 4) is 0 Å². The van der Waals surface area contributed by atoms with Crippen molar-refractivity contribution in [1.82, 2.24) is 24.3 Å². The van der Waals surface area contributed by atoms with Crippen molar-refractivity contribution in [3.63, 3.8) is 0 Å². The van der Waals surface area contributed by atoms with Gasteiger partial charge in [-0.1, -0.05) is 0 Å². The van der Waals surface area contributed by atoms with Gasteiger partial charge in [-0.3, -0.25) is 9.69 Å². The molecular formula is C36H44N8O2. The number of hydrogen-bond acceptors (Lipinski definition) is 9. The van der Waals surface area contributed by atoms with E-state index in [1.54, 1.807) is 0 Å². The minimum absolute atomic E-state index is 0.426. The van der Waals surface area contributed by atoms with Gasteiger partial charge in [-0.15, -0.1) is 0 Å². The summed E-state index contributed by atoms with van der Waals surface area (Å²) in [4.78, 5) is 31.7. The van der Waals surface area contributed by atoms with E-state index in [9.17, 15) is 4.79 Å². The van der Waals surface area contributed by atoms with Gasteiger partial charge in [0.2, 0.25) is 0 Å². The predicted molar refractivity (Wildman–Crippen MR) is 181 cm³/mol. The average molecular weight is 621 g/mol. The number of pyridine rings is 2. The fraction of sp³-hybridized carbons (Fsp3) is 0.472. The standard InChI is InChI=1S/C36H44N8O2/c1-25-18-41(31-23-46-24-31)11-13-43(25)29-7-8-35(38-17-29)39-28-15-27(19-40(2)20-28)32-9-10-37-36(33(32)22-45)42-12-14-44-30(21-42)16-26-5-3-4-6-34(26)44/h7-10,15-17,19,22,25,31H,3-6,11-14,18,20-21,23-24H2,1-2H3,(H,38,39)/t25-/m0/s1. The van der Waals surface area contributed by atoms with E-state index in [-0.39, 0.29) is 0 Å². The molecule has 1 N–H and O–H groups in total. The zero-order valence-electron chi connectivity index (χ0n) is 27.0. The minimum Gasteiger partial charge on any atom is -0.378 e. The van der Waals surface area contributed by atoms with E-state index in [4.69, 9.17) is 14.7 Å². The Morgan fingerprint density at radius 3 is 2.70 bits per heavy atom. The second-order valence-corrected chi connectivity index (χ2v) is 13.5. The molecule has 2 fully saturated rings. The molecule has 46 heavy (non-hydrogen) atoms. The Kier molecular flexibility index (Phi) is 7.78. The Bertz CT molecular complexity index is 1670. The summed E-state index contributed by atoms with van der Waals surface area (Å²) in [7, 11) is 2.06. The van der Waals surface area contributed by atoms with E-state index in [2.05, 4.69) is 73.9 Å². The summed E-state index contributed by atoms with van der Waals surface area (Å²) in [5.74, 6) is 1.58. The number of aryl methyl sites for hydroxylation is 1. The summed E-state index contributed by atoms with van der Waals surface area (Å²) >= 11 is 0. The predicted octanol–water partition coefficient (Wildman–Crippen LogP) is 4.18. The highest BCUT2D eigenvalue weighted by molar-refractivity contribution is 5.94. The lowest BCUT2D eigenvalue weighted by atomic mass is 9.98. The highest BCUT2D eigenvalue weighted by Crippen LogP contribution is 2.33. The fourth-order valence-corrected chi connectivity index (χ4v) is 7.97. The Labute approximate surface area is 271 Å². The number of carbonyl (C=O) groups is 1. The maximum atomic E-state index is 12.7. The summed E-state index contributed by atoms with van der Waals surface area (Å²) in [6.45, 7) is 10.4. The smallest absolute Gasteiger partial charge is 0.154 e. The van der Waals surface area contributed by atoms with Crippen LogP contribution in [0.25, 0.3) is 5.57 Å². The minimum atomic E-state index is 0.426. The Morgan fingerprint density at radius 2 is 1.91 bits per heavy atom. The van der Waals surface area contributed by atoms with E-state index in [0.717, 1.165) is 99.5 Å². The normalized spacial score (nSPS) is 22.0. The van der Waals surface area contributed by atoms with Gasteiger partial charge >= 0.3 is 0 Å². The van der Waals surface area contributed by atoms with Crippen LogP contribution in [0.1, 0.15) is 52.6 Å². The van der Waals surface area contributed by atoms with Crippen molar-refractivity contribution in [2.45, 2.75) is 57.8 Å². The third kappa shape index (κ3) is 5.47. The number of piperazine rings is 1. The zero-order chi connectivity index (χ0) is 31.2. The first-order valence-electron chi connectivity index (χ1n) is 16.9. The molecule has 2 saturated heterocycles. The summed E-state index contributed by atoms with van der Waals surface area (Å²) < 4.78 is 7.92. The molecule has 8 rings (SSSR count). The highest BCUT2D eigenvalue weighted by Gasteiger charge is 2.32. The molecule has 10 nitrogen and oxygen atoms in total. The SMILES string of the molecule is C[C@H]1CN(C2COC2)CCN1c1ccc(NC2=CC(c3ccnc(N4CCn5c(cc6c5CCCC6)C4)c3C=O)=CN(C)C2)nc1. The van der Waals surface area contributed by atoms with Crippen molar-refractivity contribution in [2.75, 3.05) is 68.1 Å². The topological polar surface area (TPSA) is 82.0 Å². The molecule has 7 heterocycles. The van der Waals surface area contributed by atoms with Gasteiger partial charge in [0.25, 0.3) is 0 Å².